The number of hydrogen-bond donors (Lipinski definition) is 1. The monoisotopic (exact) mass is 392 g/mol. The van der Waals surface area contributed by atoms with E-state index >= 15 is 0 Å². The summed E-state index contributed by atoms with van der Waals surface area (Å²) in [6.07, 6.45) is 3.36. The van der Waals surface area contributed by atoms with E-state index in [1.807, 2.05) is 13.8 Å². The van der Waals surface area contributed by atoms with Gasteiger partial charge < -0.3 is 5.32 Å². The lowest BCUT2D eigenvalue weighted by atomic mass is 9.69. The first kappa shape index (κ1) is 20.3. The second-order valence-electron chi connectivity index (χ2n) is 9.28. The van der Waals surface area contributed by atoms with Crippen LogP contribution in [0.1, 0.15) is 64.2 Å². The zero-order valence-corrected chi connectivity index (χ0v) is 18.1. The Morgan fingerprint density at radius 2 is 1.93 bits per heavy atom. The van der Waals surface area contributed by atoms with Crippen LogP contribution < -0.4 is 5.32 Å². The van der Waals surface area contributed by atoms with Crippen LogP contribution in [0.25, 0.3) is 0 Å². The third kappa shape index (κ3) is 3.11. The molecule has 2 fully saturated rings. The van der Waals surface area contributed by atoms with E-state index in [1.54, 1.807) is 25.2 Å². The molecule has 2 bridgehead atoms. The molecule has 0 aliphatic heterocycles. The smallest absolute Gasteiger partial charge is 0.251 e. The van der Waals surface area contributed by atoms with Crippen molar-refractivity contribution >= 4 is 15.9 Å². The summed E-state index contributed by atoms with van der Waals surface area (Å²) in [5.74, 6) is 0.452. The number of benzene rings is 1. The lowest BCUT2D eigenvalue weighted by molar-refractivity contribution is 0.0826. The van der Waals surface area contributed by atoms with Crippen molar-refractivity contribution in [3.63, 3.8) is 0 Å². The molecule has 1 N–H and O–H groups in total. The van der Waals surface area contributed by atoms with E-state index in [0.29, 0.717) is 11.5 Å². The van der Waals surface area contributed by atoms with Gasteiger partial charge in [0.2, 0.25) is 10.0 Å². The SMILES string of the molecule is CC(C)N(C)S(=O)(=O)c1cccc(C(=O)NC2CC3CCC2(C)C3(C)C)c1. The molecule has 3 atom stereocenters. The molecule has 2 aliphatic carbocycles. The topological polar surface area (TPSA) is 66.5 Å². The van der Waals surface area contributed by atoms with Gasteiger partial charge in [-0.2, -0.15) is 4.31 Å². The Labute approximate surface area is 163 Å². The molecule has 150 valence electrons. The molecule has 0 radical (unpaired) electrons. The minimum atomic E-state index is -3.61. The fraction of sp³-hybridized carbons (Fsp3) is 0.667. The van der Waals surface area contributed by atoms with Crippen LogP contribution in [0.15, 0.2) is 29.2 Å². The minimum absolute atomic E-state index is 0.0921. The van der Waals surface area contributed by atoms with Crippen molar-refractivity contribution < 1.29 is 13.2 Å². The molecule has 0 saturated heterocycles. The van der Waals surface area contributed by atoms with Crippen molar-refractivity contribution in [1.29, 1.82) is 0 Å². The first-order valence-electron chi connectivity index (χ1n) is 9.80. The summed E-state index contributed by atoms with van der Waals surface area (Å²) in [6.45, 7) is 10.6. The normalized spacial score (nSPS) is 29.5. The van der Waals surface area contributed by atoms with Crippen LogP contribution in [0, 0.1) is 16.7 Å². The molecular formula is C21H32N2O3S. The van der Waals surface area contributed by atoms with Crippen LogP contribution in [0.3, 0.4) is 0 Å². The van der Waals surface area contributed by atoms with Gasteiger partial charge in [0.05, 0.1) is 4.90 Å². The van der Waals surface area contributed by atoms with Gasteiger partial charge in [0.25, 0.3) is 5.91 Å². The highest BCUT2D eigenvalue weighted by Gasteiger charge is 2.61. The Morgan fingerprint density at radius 1 is 1.26 bits per heavy atom. The van der Waals surface area contributed by atoms with Gasteiger partial charge in [-0.15, -0.1) is 0 Å². The van der Waals surface area contributed by atoms with Gasteiger partial charge in [0.1, 0.15) is 0 Å². The number of carbonyl (C=O) groups excluding carboxylic acids is 1. The summed E-state index contributed by atoms with van der Waals surface area (Å²) < 4.78 is 26.8. The number of rotatable bonds is 5. The molecule has 1 amide bonds. The second-order valence-corrected chi connectivity index (χ2v) is 11.3. The van der Waals surface area contributed by atoms with Crippen molar-refractivity contribution in [3.8, 4) is 0 Å². The number of sulfonamides is 1. The maximum atomic E-state index is 12.9. The van der Waals surface area contributed by atoms with Crippen LogP contribution in [-0.2, 0) is 10.0 Å². The molecule has 5 nitrogen and oxygen atoms in total. The van der Waals surface area contributed by atoms with Crippen molar-refractivity contribution in [1.82, 2.24) is 9.62 Å². The van der Waals surface area contributed by atoms with E-state index in [2.05, 4.69) is 26.1 Å². The third-order valence-corrected chi connectivity index (χ3v) is 9.63. The Balaban J connectivity index is 1.82. The average Bonchev–Trinajstić information content (AvgIpc) is 2.94. The summed E-state index contributed by atoms with van der Waals surface area (Å²) >= 11 is 0. The van der Waals surface area contributed by atoms with Crippen LogP contribution in [0.4, 0.5) is 0 Å². The quantitative estimate of drug-likeness (QED) is 0.831. The van der Waals surface area contributed by atoms with Crippen molar-refractivity contribution in [2.45, 2.75) is 70.9 Å². The Kier molecular flexibility index (Phi) is 4.96. The van der Waals surface area contributed by atoms with E-state index in [9.17, 15) is 13.2 Å². The van der Waals surface area contributed by atoms with Gasteiger partial charge in [0, 0.05) is 24.7 Å². The number of amides is 1. The highest BCUT2D eigenvalue weighted by Crippen LogP contribution is 2.65. The maximum Gasteiger partial charge on any atom is 0.251 e. The second kappa shape index (κ2) is 6.59. The summed E-state index contributed by atoms with van der Waals surface area (Å²) in [5.41, 5.74) is 0.711. The van der Waals surface area contributed by atoms with Crippen LogP contribution in [0.5, 0.6) is 0 Å². The van der Waals surface area contributed by atoms with Crippen molar-refractivity contribution in [2.24, 2.45) is 16.7 Å². The fourth-order valence-corrected chi connectivity index (χ4v) is 6.32. The lowest BCUT2D eigenvalue weighted by Gasteiger charge is -2.39. The molecule has 3 rings (SSSR count). The van der Waals surface area contributed by atoms with Crippen molar-refractivity contribution in [2.75, 3.05) is 7.05 Å². The molecule has 0 heterocycles. The molecule has 1 aromatic carbocycles. The molecule has 0 spiro atoms. The van der Waals surface area contributed by atoms with Crippen LogP contribution >= 0.6 is 0 Å². The van der Waals surface area contributed by atoms with E-state index < -0.39 is 10.0 Å². The number of nitrogens with one attached hydrogen (secondary N) is 1. The van der Waals surface area contributed by atoms with E-state index in [0.717, 1.165) is 12.8 Å². The van der Waals surface area contributed by atoms with E-state index in [-0.39, 0.29) is 33.7 Å². The summed E-state index contributed by atoms with van der Waals surface area (Å²) in [6, 6.07) is 6.35. The summed E-state index contributed by atoms with van der Waals surface area (Å²) in [4.78, 5) is 13.1. The molecule has 1 aromatic rings. The molecule has 2 aliphatic rings. The van der Waals surface area contributed by atoms with Crippen LogP contribution in [0.2, 0.25) is 0 Å². The first-order chi connectivity index (χ1) is 12.4. The van der Waals surface area contributed by atoms with Crippen molar-refractivity contribution in [3.05, 3.63) is 29.8 Å². The Morgan fingerprint density at radius 3 is 2.44 bits per heavy atom. The summed E-state index contributed by atoms with van der Waals surface area (Å²) in [5, 5.41) is 3.21. The molecule has 27 heavy (non-hydrogen) atoms. The number of carbonyl (C=O) groups is 1. The predicted octanol–water partition coefficient (Wildman–Crippen LogP) is 3.66. The van der Waals surface area contributed by atoms with Gasteiger partial charge in [0.15, 0.2) is 0 Å². The summed E-state index contributed by atoms with van der Waals surface area (Å²) in [7, 11) is -2.05. The molecule has 3 unspecified atom stereocenters. The number of hydrogen-bond acceptors (Lipinski definition) is 3. The predicted molar refractivity (Wildman–Crippen MR) is 107 cm³/mol. The van der Waals surface area contributed by atoms with Crippen LogP contribution in [-0.4, -0.2) is 37.8 Å². The third-order valence-electron chi connectivity index (χ3n) is 7.60. The first-order valence-corrected chi connectivity index (χ1v) is 11.2. The fourth-order valence-electron chi connectivity index (χ4n) is 4.91. The molecule has 6 heteroatoms. The number of fused-ring (bicyclic) bond motifs is 2. The Hall–Kier alpha value is -1.40. The van der Waals surface area contributed by atoms with E-state index in [4.69, 9.17) is 0 Å². The zero-order chi connectivity index (χ0) is 20.2. The highest BCUT2D eigenvalue weighted by molar-refractivity contribution is 7.89. The largest absolute Gasteiger partial charge is 0.349 e. The average molecular weight is 393 g/mol. The lowest BCUT2D eigenvalue weighted by Crippen LogP contribution is -2.46. The number of nitrogens with zero attached hydrogens (tertiary/aromatic N) is 1. The minimum Gasteiger partial charge on any atom is -0.349 e. The highest BCUT2D eigenvalue weighted by atomic mass is 32.2. The maximum absolute atomic E-state index is 12.9. The molecule has 2 saturated carbocycles. The zero-order valence-electron chi connectivity index (χ0n) is 17.2. The standard InChI is InChI=1S/C21H32N2O3S/c1-14(2)23(6)27(25,26)17-9-7-8-15(12-17)19(24)22-18-13-16-10-11-21(18,5)20(16,3)4/h7-9,12,14,16,18H,10-11,13H2,1-6H3,(H,22,24). The Bertz CT molecular complexity index is 847. The van der Waals surface area contributed by atoms with Gasteiger partial charge in [-0.05, 0) is 68.1 Å². The molecule has 0 aromatic heterocycles. The van der Waals surface area contributed by atoms with E-state index in [1.165, 1.54) is 16.8 Å². The van der Waals surface area contributed by atoms with Gasteiger partial charge in [-0.25, -0.2) is 8.42 Å². The van der Waals surface area contributed by atoms with Gasteiger partial charge in [-0.1, -0.05) is 26.8 Å². The molecular weight excluding hydrogens is 360 g/mol. The van der Waals surface area contributed by atoms with Gasteiger partial charge in [-0.3, -0.25) is 4.79 Å². The van der Waals surface area contributed by atoms with Gasteiger partial charge >= 0.3 is 0 Å².